The highest BCUT2D eigenvalue weighted by Crippen LogP contribution is 2.28. The number of benzene rings is 1. The summed E-state index contributed by atoms with van der Waals surface area (Å²) in [6, 6.07) is 9.57. The van der Waals surface area contributed by atoms with Crippen LogP contribution in [0.3, 0.4) is 0 Å². The lowest BCUT2D eigenvalue weighted by Crippen LogP contribution is -2.44. The summed E-state index contributed by atoms with van der Waals surface area (Å²) in [6.45, 7) is 0.793. The highest BCUT2D eigenvalue weighted by atomic mass is 35.5. The quantitative estimate of drug-likeness (QED) is 0.679. The molecule has 0 bridgehead atoms. The normalized spacial score (nSPS) is 15.6. The number of hydrogen-bond donors (Lipinski definition) is 2. The van der Waals surface area contributed by atoms with Gasteiger partial charge in [0.05, 0.1) is 5.56 Å². The third-order valence-corrected chi connectivity index (χ3v) is 5.33. The van der Waals surface area contributed by atoms with Gasteiger partial charge < -0.3 is 15.7 Å². The number of nitrogens with zero attached hydrogens (tertiary/aromatic N) is 2. The van der Waals surface area contributed by atoms with E-state index in [0.29, 0.717) is 24.5 Å². The van der Waals surface area contributed by atoms with E-state index in [1.165, 1.54) is 6.07 Å². The van der Waals surface area contributed by atoms with Crippen molar-refractivity contribution in [2.24, 2.45) is 11.7 Å². The van der Waals surface area contributed by atoms with Gasteiger partial charge in [0.25, 0.3) is 12.4 Å². The zero-order valence-corrected chi connectivity index (χ0v) is 17.3. The van der Waals surface area contributed by atoms with E-state index in [2.05, 4.69) is 4.98 Å². The maximum absolute atomic E-state index is 12.6. The molecule has 0 radical (unpaired) electrons. The molecule has 1 fully saturated rings. The van der Waals surface area contributed by atoms with Crippen molar-refractivity contribution in [3.05, 3.63) is 64.4 Å². The maximum Gasteiger partial charge on any atom is 0.433 e. The van der Waals surface area contributed by atoms with E-state index in [1.807, 2.05) is 24.3 Å². The number of rotatable bonds is 4. The van der Waals surface area contributed by atoms with Crippen LogP contribution in [0.15, 0.2) is 42.6 Å². The number of amides is 1. The fourth-order valence-corrected chi connectivity index (χ4v) is 3.72. The van der Waals surface area contributed by atoms with E-state index in [9.17, 15) is 18.0 Å². The second-order valence-electron chi connectivity index (χ2n) is 7.16. The van der Waals surface area contributed by atoms with Gasteiger partial charge in [-0.1, -0.05) is 23.7 Å². The average molecular weight is 458 g/mol. The minimum atomic E-state index is -4.51. The fraction of sp³-hybridized carbons (Fsp3) is 0.381. The van der Waals surface area contributed by atoms with E-state index < -0.39 is 11.9 Å². The van der Waals surface area contributed by atoms with Crippen LogP contribution in [0.25, 0.3) is 0 Å². The van der Waals surface area contributed by atoms with Crippen LogP contribution in [-0.2, 0) is 17.4 Å². The van der Waals surface area contributed by atoms with Crippen LogP contribution in [0.2, 0.25) is 5.02 Å². The minimum absolute atomic E-state index is 0.0385. The van der Waals surface area contributed by atoms with Crippen LogP contribution >= 0.6 is 11.6 Å². The van der Waals surface area contributed by atoms with Crippen molar-refractivity contribution >= 4 is 24.0 Å². The van der Waals surface area contributed by atoms with Gasteiger partial charge in [-0.05, 0) is 55.0 Å². The van der Waals surface area contributed by atoms with E-state index in [1.54, 1.807) is 4.90 Å². The molecular weight excluding hydrogens is 435 g/mol. The van der Waals surface area contributed by atoms with Crippen molar-refractivity contribution in [2.45, 2.75) is 31.5 Å². The fourth-order valence-electron chi connectivity index (χ4n) is 3.50. The molecule has 0 spiro atoms. The summed E-state index contributed by atoms with van der Waals surface area (Å²) in [5, 5.41) is 7.57. The molecule has 1 amide bonds. The Morgan fingerprint density at radius 1 is 1.29 bits per heavy atom. The monoisotopic (exact) mass is 457 g/mol. The Morgan fingerprint density at radius 3 is 2.45 bits per heavy atom. The third-order valence-electron chi connectivity index (χ3n) is 5.09. The number of alkyl halides is 3. The Bertz CT molecular complexity index is 870. The molecular formula is C21H23ClF3N3O3. The van der Waals surface area contributed by atoms with Crippen LogP contribution in [0.4, 0.5) is 13.2 Å². The predicted octanol–water partition coefficient (Wildman–Crippen LogP) is 3.88. The number of piperidine rings is 1. The smallest absolute Gasteiger partial charge is 0.433 e. The Labute approximate surface area is 182 Å². The van der Waals surface area contributed by atoms with E-state index in [0.717, 1.165) is 30.7 Å². The van der Waals surface area contributed by atoms with Crippen molar-refractivity contribution in [1.29, 1.82) is 0 Å². The Balaban J connectivity index is 0.00000107. The van der Waals surface area contributed by atoms with Gasteiger partial charge in [0.15, 0.2) is 0 Å². The topological polar surface area (TPSA) is 96.5 Å². The number of carboxylic acid groups (broad SMARTS) is 1. The van der Waals surface area contributed by atoms with Gasteiger partial charge in [-0.25, -0.2) is 0 Å². The zero-order valence-electron chi connectivity index (χ0n) is 16.6. The second kappa shape index (κ2) is 11.1. The predicted molar refractivity (Wildman–Crippen MR) is 110 cm³/mol. The summed E-state index contributed by atoms with van der Waals surface area (Å²) in [6.07, 6.45) is -1.31. The number of hydrogen-bond acceptors (Lipinski definition) is 4. The lowest BCUT2D eigenvalue weighted by atomic mass is 9.86. The number of halogens is 4. The van der Waals surface area contributed by atoms with Crippen molar-refractivity contribution in [3.8, 4) is 0 Å². The van der Waals surface area contributed by atoms with Crippen LogP contribution < -0.4 is 5.73 Å². The lowest BCUT2D eigenvalue weighted by molar-refractivity contribution is -0.141. The van der Waals surface area contributed by atoms with Crippen LogP contribution in [0.5, 0.6) is 0 Å². The molecule has 3 rings (SSSR count). The molecule has 0 aliphatic carbocycles. The molecule has 3 N–H and O–H groups in total. The number of likely N-dealkylation sites (tertiary alicyclic amines) is 1. The van der Waals surface area contributed by atoms with E-state index in [-0.39, 0.29) is 29.9 Å². The van der Waals surface area contributed by atoms with Crippen LogP contribution in [-0.4, -0.2) is 46.5 Å². The SMILES string of the molecule is NC(Cc1cccc(Cl)c1)C1CCN(C(=O)c2ccc(C(F)(F)F)nc2)CC1.O=CO. The molecule has 168 valence electrons. The molecule has 1 aliphatic rings. The number of nitrogens with two attached hydrogens (primary N) is 1. The summed E-state index contributed by atoms with van der Waals surface area (Å²) >= 11 is 6.01. The van der Waals surface area contributed by atoms with Gasteiger partial charge in [0.1, 0.15) is 5.69 Å². The molecule has 0 saturated carbocycles. The molecule has 1 unspecified atom stereocenters. The Kier molecular flexibility index (Phi) is 8.82. The molecule has 2 heterocycles. The van der Waals surface area contributed by atoms with Gasteiger partial charge in [0, 0.05) is 30.4 Å². The van der Waals surface area contributed by atoms with Crippen molar-refractivity contribution in [1.82, 2.24) is 9.88 Å². The van der Waals surface area contributed by atoms with Gasteiger partial charge in [-0.2, -0.15) is 13.2 Å². The highest BCUT2D eigenvalue weighted by Gasteiger charge is 2.33. The van der Waals surface area contributed by atoms with E-state index >= 15 is 0 Å². The number of pyridine rings is 1. The average Bonchev–Trinajstić information content (AvgIpc) is 2.73. The van der Waals surface area contributed by atoms with Gasteiger partial charge >= 0.3 is 6.18 Å². The molecule has 6 nitrogen and oxygen atoms in total. The second-order valence-corrected chi connectivity index (χ2v) is 7.60. The number of carbonyl (C=O) groups excluding carboxylic acids is 1. The lowest BCUT2D eigenvalue weighted by Gasteiger charge is -2.35. The Hall–Kier alpha value is -2.65. The largest absolute Gasteiger partial charge is 0.483 e. The van der Waals surface area contributed by atoms with Crippen molar-refractivity contribution < 1.29 is 27.9 Å². The first-order valence-corrected chi connectivity index (χ1v) is 9.94. The molecule has 1 aromatic carbocycles. The molecule has 1 atom stereocenters. The summed E-state index contributed by atoms with van der Waals surface area (Å²) < 4.78 is 37.8. The standard InChI is InChI=1S/C20H21ClF3N3O.CH2O2/c21-16-3-1-2-13(10-16)11-17(25)14-6-8-27(9-7-14)19(28)15-4-5-18(26-12-15)20(22,23)24;2-1-3/h1-5,10,12,14,17H,6-9,11,25H2;1H,(H,2,3). The first-order valence-electron chi connectivity index (χ1n) is 9.56. The molecule has 31 heavy (non-hydrogen) atoms. The molecule has 1 aromatic heterocycles. The number of aromatic nitrogens is 1. The van der Waals surface area contributed by atoms with Gasteiger partial charge in [-0.3, -0.25) is 14.6 Å². The van der Waals surface area contributed by atoms with E-state index in [4.69, 9.17) is 27.2 Å². The van der Waals surface area contributed by atoms with Crippen molar-refractivity contribution in [3.63, 3.8) is 0 Å². The molecule has 10 heteroatoms. The highest BCUT2D eigenvalue weighted by molar-refractivity contribution is 6.30. The molecule has 2 aromatic rings. The van der Waals surface area contributed by atoms with Crippen LogP contribution in [0, 0.1) is 5.92 Å². The minimum Gasteiger partial charge on any atom is -0.483 e. The summed E-state index contributed by atoms with van der Waals surface area (Å²) in [4.78, 5) is 25.9. The first kappa shape index (κ1) is 24.6. The number of carbonyl (C=O) groups is 2. The van der Waals surface area contributed by atoms with Gasteiger partial charge in [0.2, 0.25) is 0 Å². The maximum atomic E-state index is 12.6. The molecule has 1 saturated heterocycles. The van der Waals surface area contributed by atoms with Gasteiger partial charge in [-0.15, -0.1) is 0 Å². The van der Waals surface area contributed by atoms with Crippen LogP contribution in [0.1, 0.15) is 34.5 Å². The zero-order chi connectivity index (χ0) is 23.0. The Morgan fingerprint density at radius 2 is 1.94 bits per heavy atom. The first-order chi connectivity index (χ1) is 14.7. The summed E-state index contributed by atoms with van der Waals surface area (Å²) in [5.74, 6) is -0.0307. The summed E-state index contributed by atoms with van der Waals surface area (Å²) in [5.41, 5.74) is 6.59. The summed E-state index contributed by atoms with van der Waals surface area (Å²) in [7, 11) is 0. The molecule has 1 aliphatic heterocycles. The van der Waals surface area contributed by atoms with Crippen molar-refractivity contribution in [2.75, 3.05) is 13.1 Å². The third kappa shape index (κ3) is 7.22.